The molecule has 0 unspecified atom stereocenters. The Morgan fingerprint density at radius 1 is 0.944 bits per heavy atom. The fourth-order valence-corrected chi connectivity index (χ4v) is 7.82. The van der Waals surface area contributed by atoms with Gasteiger partial charge in [-0.2, -0.15) is 5.10 Å². The number of ether oxygens (including phenoxy) is 3. The Labute approximate surface area is 314 Å². The minimum absolute atomic E-state index is 0.0250. The predicted molar refractivity (Wildman–Crippen MR) is 200 cm³/mol. The van der Waals surface area contributed by atoms with Gasteiger partial charge >= 0.3 is 6.03 Å². The van der Waals surface area contributed by atoms with E-state index in [9.17, 15) is 18.7 Å². The third-order valence-electron chi connectivity index (χ3n) is 10.6. The van der Waals surface area contributed by atoms with Crippen molar-refractivity contribution in [2.75, 3.05) is 60.6 Å². The van der Waals surface area contributed by atoms with E-state index in [4.69, 9.17) is 14.2 Å². The normalized spacial score (nSPS) is 23.2. The number of carbonyl (C=O) groups excluding carboxylic acids is 1. The van der Waals surface area contributed by atoms with Crippen molar-refractivity contribution in [3.05, 3.63) is 96.6 Å². The molecule has 4 heterocycles. The van der Waals surface area contributed by atoms with E-state index in [-0.39, 0.29) is 43.9 Å². The summed E-state index contributed by atoms with van der Waals surface area (Å²) in [6.07, 6.45) is 5.63. The van der Waals surface area contributed by atoms with Crippen LogP contribution in [0.5, 0.6) is 5.75 Å². The summed E-state index contributed by atoms with van der Waals surface area (Å²) in [4.78, 5) is 25.4. The van der Waals surface area contributed by atoms with Crippen molar-refractivity contribution in [2.45, 2.75) is 76.7 Å². The Morgan fingerprint density at radius 3 is 2.22 bits per heavy atom. The Hall–Kier alpha value is -4.79. The number of nitrogens with zero attached hydrogens (tertiary/aromatic N) is 7. The number of carbonyl (C=O) groups is 1. The van der Waals surface area contributed by atoms with E-state index >= 15 is 0 Å². The van der Waals surface area contributed by atoms with E-state index in [0.717, 1.165) is 68.6 Å². The van der Waals surface area contributed by atoms with Crippen LogP contribution in [-0.4, -0.2) is 94.8 Å². The number of piperazine rings is 1. The second-order valence-corrected chi connectivity index (χ2v) is 14.6. The molecule has 0 spiro atoms. The molecule has 4 aromatic rings. The summed E-state index contributed by atoms with van der Waals surface area (Å²) in [6.45, 7) is 9.86. The van der Waals surface area contributed by atoms with E-state index in [1.54, 1.807) is 9.80 Å². The summed E-state index contributed by atoms with van der Waals surface area (Å²) < 4.78 is 48.4. The van der Waals surface area contributed by atoms with Crippen LogP contribution in [0.1, 0.15) is 52.0 Å². The molecule has 3 saturated heterocycles. The highest BCUT2D eigenvalue weighted by Crippen LogP contribution is 2.38. The summed E-state index contributed by atoms with van der Waals surface area (Å²) in [7, 11) is 0. The van der Waals surface area contributed by atoms with Gasteiger partial charge in [0.05, 0.1) is 19.7 Å². The van der Waals surface area contributed by atoms with Gasteiger partial charge in [-0.3, -0.25) is 9.80 Å². The van der Waals surface area contributed by atoms with Crippen LogP contribution in [0.3, 0.4) is 0 Å². The van der Waals surface area contributed by atoms with Gasteiger partial charge in [0, 0.05) is 60.9 Å². The van der Waals surface area contributed by atoms with Crippen molar-refractivity contribution >= 4 is 23.1 Å². The maximum Gasteiger partial charge on any atom is 0.327 e. The fourth-order valence-electron chi connectivity index (χ4n) is 7.82. The lowest BCUT2D eigenvalue weighted by molar-refractivity contribution is -0.117. The first-order valence-corrected chi connectivity index (χ1v) is 18.8. The second-order valence-electron chi connectivity index (χ2n) is 14.6. The minimum Gasteiger partial charge on any atom is -0.488 e. The molecule has 2 amide bonds. The number of β-amino-alcohol motifs (C(OH)–C–C–N with tert-alkyl or cyclic N) is 1. The van der Waals surface area contributed by atoms with Crippen molar-refractivity contribution in [1.82, 2.24) is 19.7 Å². The molecule has 12 nitrogen and oxygen atoms in total. The number of aromatic nitrogens is 3. The molecule has 54 heavy (non-hydrogen) atoms. The van der Waals surface area contributed by atoms with Gasteiger partial charge in [-0.15, -0.1) is 0 Å². The number of halogens is 2. The van der Waals surface area contributed by atoms with Gasteiger partial charge in [-0.05, 0) is 81.3 Å². The molecule has 3 atom stereocenters. The molecule has 7 rings (SSSR count). The smallest absolute Gasteiger partial charge is 0.327 e. The summed E-state index contributed by atoms with van der Waals surface area (Å²) in [5, 5.41) is 15.7. The molecular weight excluding hydrogens is 696 g/mol. The van der Waals surface area contributed by atoms with Gasteiger partial charge < -0.3 is 29.1 Å². The van der Waals surface area contributed by atoms with E-state index in [2.05, 4.69) is 38.9 Å². The van der Waals surface area contributed by atoms with E-state index in [0.29, 0.717) is 12.2 Å². The molecule has 0 bridgehead atoms. The molecule has 1 aromatic heterocycles. The number of hydrogen-bond donors (Lipinski definition) is 1. The van der Waals surface area contributed by atoms with Crippen LogP contribution >= 0.6 is 0 Å². The Bertz CT molecular complexity index is 1860. The number of amides is 2. The molecule has 3 aromatic carbocycles. The topological polar surface area (TPSA) is 109 Å². The maximum absolute atomic E-state index is 14.9. The summed E-state index contributed by atoms with van der Waals surface area (Å²) in [6, 6.07) is 19.1. The highest BCUT2D eigenvalue weighted by atomic mass is 19.1. The highest BCUT2D eigenvalue weighted by molar-refractivity contribution is 5.95. The number of aliphatic hydroxyl groups is 1. The van der Waals surface area contributed by atoms with Crippen LogP contribution in [0.4, 0.5) is 30.6 Å². The highest BCUT2D eigenvalue weighted by Gasteiger charge is 2.50. The number of hydrogen-bond acceptors (Lipinski definition) is 9. The third kappa shape index (κ3) is 7.87. The monoisotopic (exact) mass is 745 g/mol. The summed E-state index contributed by atoms with van der Waals surface area (Å²) in [5.41, 5.74) is 0.734. The van der Waals surface area contributed by atoms with Gasteiger partial charge in [0.15, 0.2) is 12.0 Å². The number of unbranched alkanes of at least 4 members (excludes halogenated alkanes) is 2. The average molecular weight is 746 g/mol. The lowest BCUT2D eigenvalue weighted by Crippen LogP contribution is -2.50. The molecule has 3 aliphatic rings. The SMILES string of the molecule is CCCCC[C@]1(O)CN(c2ccc(N3CCN(c4ccc(OC[C@H]5OC[C@](Cn6cncn6)(c6ccc(F)cc6F)O5)cc4)CC3)cc2)C(=O)N1C(C)C. The van der Waals surface area contributed by atoms with Crippen LogP contribution in [0.2, 0.25) is 0 Å². The molecule has 0 aliphatic carbocycles. The third-order valence-corrected chi connectivity index (χ3v) is 10.6. The van der Waals surface area contributed by atoms with Gasteiger partial charge in [0.2, 0.25) is 0 Å². The first-order valence-electron chi connectivity index (χ1n) is 18.8. The zero-order valence-corrected chi connectivity index (χ0v) is 31.1. The van der Waals surface area contributed by atoms with Crippen LogP contribution in [0, 0.1) is 11.6 Å². The molecule has 14 heteroatoms. The predicted octanol–water partition coefficient (Wildman–Crippen LogP) is 6.15. The Morgan fingerprint density at radius 2 is 1.61 bits per heavy atom. The molecule has 288 valence electrons. The van der Waals surface area contributed by atoms with Crippen molar-refractivity contribution in [3.8, 4) is 5.75 Å². The Balaban J connectivity index is 0.912. The van der Waals surface area contributed by atoms with Crippen molar-refractivity contribution in [3.63, 3.8) is 0 Å². The molecular formula is C40H49F2N7O5. The van der Waals surface area contributed by atoms with E-state index < -0.39 is 29.3 Å². The van der Waals surface area contributed by atoms with Crippen LogP contribution in [0.15, 0.2) is 79.4 Å². The molecule has 3 aliphatic heterocycles. The van der Waals surface area contributed by atoms with Crippen molar-refractivity contribution in [1.29, 1.82) is 0 Å². The fraction of sp³-hybridized carbons (Fsp3) is 0.475. The van der Waals surface area contributed by atoms with Crippen molar-refractivity contribution < 1.29 is 32.9 Å². The number of anilines is 3. The number of rotatable bonds is 14. The van der Waals surface area contributed by atoms with Crippen LogP contribution in [-0.2, 0) is 21.6 Å². The van der Waals surface area contributed by atoms with E-state index in [1.165, 1.54) is 29.5 Å². The summed E-state index contributed by atoms with van der Waals surface area (Å²) in [5.74, 6) is -0.764. The van der Waals surface area contributed by atoms with Crippen LogP contribution < -0.4 is 19.4 Å². The minimum atomic E-state index is -1.24. The molecule has 1 N–H and O–H groups in total. The lowest BCUT2D eigenvalue weighted by Gasteiger charge is -2.37. The van der Waals surface area contributed by atoms with Gasteiger partial charge in [0.25, 0.3) is 0 Å². The largest absolute Gasteiger partial charge is 0.488 e. The maximum atomic E-state index is 14.9. The van der Waals surface area contributed by atoms with Gasteiger partial charge in [0.1, 0.15) is 42.2 Å². The molecule has 3 fully saturated rings. The van der Waals surface area contributed by atoms with E-state index in [1.807, 2.05) is 50.2 Å². The van der Waals surface area contributed by atoms with Gasteiger partial charge in [-0.1, -0.05) is 25.8 Å². The zero-order valence-electron chi connectivity index (χ0n) is 31.1. The Kier molecular flexibility index (Phi) is 11.0. The second kappa shape index (κ2) is 15.9. The average Bonchev–Trinajstić information content (AvgIpc) is 3.90. The molecule has 0 radical (unpaired) electrons. The summed E-state index contributed by atoms with van der Waals surface area (Å²) >= 11 is 0. The lowest BCUT2D eigenvalue weighted by atomic mass is 9.94. The quantitative estimate of drug-likeness (QED) is 0.152. The van der Waals surface area contributed by atoms with Crippen molar-refractivity contribution in [2.24, 2.45) is 0 Å². The first kappa shape index (κ1) is 37.5. The zero-order chi connectivity index (χ0) is 37.9. The van der Waals surface area contributed by atoms with Gasteiger partial charge in [-0.25, -0.2) is 23.2 Å². The molecule has 0 saturated carbocycles. The van der Waals surface area contributed by atoms with Crippen LogP contribution in [0.25, 0.3) is 0 Å². The number of benzene rings is 3. The number of urea groups is 1. The standard InChI is InChI=1S/C40H49F2N7O5/c1-4-5-6-17-40(51)25-48(38(50)49(40)29(2)3)33-10-8-31(9-11-33)45-18-20-46(21-19-45)32-12-14-34(15-13-32)52-23-37-53-26-39(54-37,24-47-28-43-27-44-47)35-16-7-30(41)22-36(35)42/h7-16,22,27-29,37,51H,4-6,17-21,23-26H2,1-3H3/t37-,39+,40-/m0/s1. The first-order chi connectivity index (χ1) is 26.1.